The monoisotopic (exact) mass is 290 g/mol. The fourth-order valence-corrected chi connectivity index (χ4v) is 2.47. The molecule has 1 aromatic carbocycles. The van der Waals surface area contributed by atoms with Gasteiger partial charge in [-0.3, -0.25) is 4.79 Å². The van der Waals surface area contributed by atoms with Crippen LogP contribution in [-0.4, -0.2) is 17.0 Å². The van der Waals surface area contributed by atoms with Crippen LogP contribution in [0.3, 0.4) is 0 Å². The van der Waals surface area contributed by atoms with E-state index in [1.807, 2.05) is 6.92 Å². The maximum Gasteiger partial charge on any atom is 0.331 e. The minimum Gasteiger partial charge on any atom is -0.479 e. The summed E-state index contributed by atoms with van der Waals surface area (Å²) in [5, 5.41) is 13.5. The number of nitrogens with two attached hydrogens (primary N) is 1. The standard InChI is InChI=1S/C14H14N2O3S/c1-8-4-5-9(7-10(8)15)13(17)16-12(14(18)19)11-3-2-6-20-11/h2-7,12H,15H2,1H3,(H,16,17)(H,18,19). The number of nitrogen functional groups attached to an aromatic ring is 1. The average Bonchev–Trinajstić information content (AvgIpc) is 2.92. The van der Waals surface area contributed by atoms with Crippen molar-refractivity contribution in [2.24, 2.45) is 0 Å². The molecule has 2 rings (SSSR count). The molecule has 0 radical (unpaired) electrons. The first-order valence-electron chi connectivity index (χ1n) is 5.92. The van der Waals surface area contributed by atoms with Crippen molar-refractivity contribution in [2.75, 3.05) is 5.73 Å². The smallest absolute Gasteiger partial charge is 0.331 e. The third kappa shape index (κ3) is 2.97. The molecular formula is C14H14N2O3S. The molecule has 1 unspecified atom stereocenters. The fourth-order valence-electron chi connectivity index (χ4n) is 1.71. The van der Waals surface area contributed by atoms with Crippen LogP contribution in [-0.2, 0) is 4.79 Å². The molecular weight excluding hydrogens is 276 g/mol. The van der Waals surface area contributed by atoms with Crippen molar-refractivity contribution >= 4 is 28.9 Å². The molecule has 1 heterocycles. The van der Waals surface area contributed by atoms with E-state index in [2.05, 4.69) is 5.32 Å². The average molecular weight is 290 g/mol. The number of amides is 1. The summed E-state index contributed by atoms with van der Waals surface area (Å²) in [6.45, 7) is 1.84. The second-order valence-corrected chi connectivity index (χ2v) is 5.31. The molecule has 1 amide bonds. The van der Waals surface area contributed by atoms with Gasteiger partial charge < -0.3 is 16.2 Å². The van der Waals surface area contributed by atoms with E-state index in [0.29, 0.717) is 16.1 Å². The lowest BCUT2D eigenvalue weighted by molar-refractivity contribution is -0.139. The van der Waals surface area contributed by atoms with Gasteiger partial charge in [-0.2, -0.15) is 0 Å². The first-order chi connectivity index (χ1) is 9.49. The summed E-state index contributed by atoms with van der Waals surface area (Å²) in [6.07, 6.45) is 0. The number of thiophene rings is 1. The second-order valence-electron chi connectivity index (χ2n) is 4.33. The zero-order chi connectivity index (χ0) is 14.7. The van der Waals surface area contributed by atoms with Gasteiger partial charge in [0.05, 0.1) is 0 Å². The zero-order valence-electron chi connectivity index (χ0n) is 10.8. The Labute approximate surface area is 120 Å². The van der Waals surface area contributed by atoms with Gasteiger partial charge in [-0.05, 0) is 36.1 Å². The number of hydrogen-bond donors (Lipinski definition) is 3. The number of nitrogens with one attached hydrogen (secondary N) is 1. The van der Waals surface area contributed by atoms with Crippen LogP contribution in [0.2, 0.25) is 0 Å². The predicted octanol–water partition coefficient (Wildman–Crippen LogP) is 2.19. The zero-order valence-corrected chi connectivity index (χ0v) is 11.6. The number of anilines is 1. The number of hydrogen-bond acceptors (Lipinski definition) is 4. The highest BCUT2D eigenvalue weighted by molar-refractivity contribution is 7.10. The second kappa shape index (κ2) is 5.75. The van der Waals surface area contributed by atoms with Crippen molar-refractivity contribution in [3.8, 4) is 0 Å². The van der Waals surface area contributed by atoms with E-state index >= 15 is 0 Å². The van der Waals surface area contributed by atoms with Crippen molar-refractivity contribution in [1.82, 2.24) is 5.32 Å². The summed E-state index contributed by atoms with van der Waals surface area (Å²) in [5.41, 5.74) is 7.46. The molecule has 6 heteroatoms. The Hall–Kier alpha value is -2.34. The van der Waals surface area contributed by atoms with Crippen LogP contribution in [0.1, 0.15) is 26.8 Å². The van der Waals surface area contributed by atoms with Gasteiger partial charge in [0.1, 0.15) is 0 Å². The predicted molar refractivity (Wildman–Crippen MR) is 77.8 cm³/mol. The molecule has 0 aliphatic rings. The highest BCUT2D eigenvalue weighted by atomic mass is 32.1. The molecule has 20 heavy (non-hydrogen) atoms. The maximum absolute atomic E-state index is 12.1. The van der Waals surface area contributed by atoms with Crippen molar-refractivity contribution in [2.45, 2.75) is 13.0 Å². The van der Waals surface area contributed by atoms with Crippen LogP contribution in [0, 0.1) is 6.92 Å². The van der Waals surface area contributed by atoms with E-state index < -0.39 is 17.9 Å². The quantitative estimate of drug-likeness (QED) is 0.753. The molecule has 0 spiro atoms. The van der Waals surface area contributed by atoms with Crippen LogP contribution in [0.25, 0.3) is 0 Å². The van der Waals surface area contributed by atoms with Gasteiger partial charge in [0.2, 0.25) is 0 Å². The van der Waals surface area contributed by atoms with Gasteiger partial charge in [-0.15, -0.1) is 11.3 Å². The Morgan fingerprint density at radius 3 is 2.65 bits per heavy atom. The Kier molecular flexibility index (Phi) is 4.05. The van der Waals surface area contributed by atoms with Gasteiger partial charge in [-0.25, -0.2) is 4.79 Å². The van der Waals surface area contributed by atoms with E-state index in [-0.39, 0.29) is 0 Å². The Morgan fingerprint density at radius 2 is 2.10 bits per heavy atom. The summed E-state index contributed by atoms with van der Waals surface area (Å²) in [5.74, 6) is -1.56. The lowest BCUT2D eigenvalue weighted by Gasteiger charge is -2.13. The van der Waals surface area contributed by atoms with E-state index in [1.54, 1.807) is 29.6 Å². The van der Waals surface area contributed by atoms with Crippen LogP contribution in [0.5, 0.6) is 0 Å². The molecule has 1 aromatic heterocycles. The number of carboxylic acids is 1. The molecule has 5 nitrogen and oxygen atoms in total. The third-order valence-corrected chi connectivity index (χ3v) is 3.83. The topological polar surface area (TPSA) is 92.4 Å². The van der Waals surface area contributed by atoms with E-state index in [0.717, 1.165) is 5.56 Å². The van der Waals surface area contributed by atoms with E-state index in [4.69, 9.17) is 5.73 Å². The lowest BCUT2D eigenvalue weighted by Crippen LogP contribution is -2.33. The number of aliphatic carboxylic acids is 1. The van der Waals surface area contributed by atoms with Crippen molar-refractivity contribution < 1.29 is 14.7 Å². The number of carbonyl (C=O) groups is 2. The van der Waals surface area contributed by atoms with Crippen LogP contribution >= 0.6 is 11.3 Å². The largest absolute Gasteiger partial charge is 0.479 e. The maximum atomic E-state index is 12.1. The summed E-state index contributed by atoms with van der Waals surface area (Å²) in [6, 6.07) is 7.25. The number of rotatable bonds is 4. The molecule has 0 aliphatic heterocycles. The lowest BCUT2D eigenvalue weighted by atomic mass is 10.1. The van der Waals surface area contributed by atoms with Crippen molar-refractivity contribution in [3.63, 3.8) is 0 Å². The van der Waals surface area contributed by atoms with Gasteiger partial charge >= 0.3 is 5.97 Å². The minimum atomic E-state index is -1.10. The molecule has 4 N–H and O–H groups in total. The number of aryl methyl sites for hydroxylation is 1. The van der Waals surface area contributed by atoms with Crippen molar-refractivity contribution in [1.29, 1.82) is 0 Å². The Morgan fingerprint density at radius 1 is 1.35 bits per heavy atom. The Balaban J connectivity index is 2.20. The normalized spacial score (nSPS) is 11.8. The fraction of sp³-hybridized carbons (Fsp3) is 0.143. The number of carbonyl (C=O) groups excluding carboxylic acids is 1. The minimum absolute atomic E-state index is 0.343. The van der Waals surface area contributed by atoms with Gasteiger partial charge in [-0.1, -0.05) is 12.1 Å². The summed E-state index contributed by atoms with van der Waals surface area (Å²) < 4.78 is 0. The van der Waals surface area contributed by atoms with Gasteiger partial charge in [0.15, 0.2) is 6.04 Å². The summed E-state index contributed by atoms with van der Waals surface area (Å²) in [4.78, 5) is 23.9. The Bertz CT molecular complexity index is 638. The van der Waals surface area contributed by atoms with Gasteiger partial charge in [0.25, 0.3) is 5.91 Å². The number of benzene rings is 1. The van der Waals surface area contributed by atoms with Crippen LogP contribution < -0.4 is 11.1 Å². The molecule has 1 atom stereocenters. The van der Waals surface area contributed by atoms with Crippen molar-refractivity contribution in [3.05, 3.63) is 51.7 Å². The third-order valence-electron chi connectivity index (χ3n) is 2.89. The SMILES string of the molecule is Cc1ccc(C(=O)NC(C(=O)O)c2cccs2)cc1N. The first-order valence-corrected chi connectivity index (χ1v) is 6.80. The molecule has 0 saturated heterocycles. The molecule has 0 fully saturated rings. The van der Waals surface area contributed by atoms with Crippen LogP contribution in [0.15, 0.2) is 35.7 Å². The van der Waals surface area contributed by atoms with E-state index in [1.165, 1.54) is 17.4 Å². The molecule has 0 saturated carbocycles. The molecule has 2 aromatic rings. The first kappa shape index (κ1) is 14.1. The molecule has 0 aliphatic carbocycles. The summed E-state index contributed by atoms with van der Waals surface area (Å²) >= 11 is 1.28. The van der Waals surface area contributed by atoms with Crippen LogP contribution in [0.4, 0.5) is 5.69 Å². The molecule has 104 valence electrons. The molecule has 0 bridgehead atoms. The summed E-state index contributed by atoms with van der Waals surface area (Å²) in [7, 11) is 0. The number of carboxylic acid groups (broad SMARTS) is 1. The van der Waals surface area contributed by atoms with Gasteiger partial charge in [0, 0.05) is 16.1 Å². The van der Waals surface area contributed by atoms with E-state index in [9.17, 15) is 14.7 Å². The highest BCUT2D eigenvalue weighted by Gasteiger charge is 2.23. The highest BCUT2D eigenvalue weighted by Crippen LogP contribution is 2.20.